The topological polar surface area (TPSA) is 134 Å². The fourth-order valence-electron chi connectivity index (χ4n) is 3.89. The maximum atomic E-state index is 13.6. The Bertz CT molecular complexity index is 1340. The quantitative estimate of drug-likeness (QED) is 0.207. The van der Waals surface area contributed by atoms with Gasteiger partial charge in [-0.25, -0.2) is 17.9 Å². The molecule has 1 amide bonds. The molecule has 0 bridgehead atoms. The number of carboxylic acid groups (broad SMARTS) is 1. The summed E-state index contributed by atoms with van der Waals surface area (Å²) in [5, 5.41) is 14.4. The van der Waals surface area contributed by atoms with Crippen molar-refractivity contribution >= 4 is 27.6 Å². The van der Waals surface area contributed by atoms with Crippen molar-refractivity contribution in [3.8, 4) is 5.75 Å². The number of sulfonamides is 1. The third kappa shape index (κ3) is 9.08. The van der Waals surface area contributed by atoms with Crippen LogP contribution in [0.15, 0.2) is 83.8 Å². The SMILES string of the molecule is CNc1cc(C(CC(=O)NCCCCc2ccccc2)NS(=O)(=O)c2ccccc2)ccc1OC(F)C(=O)O. The third-order valence-corrected chi connectivity index (χ3v) is 7.39. The summed E-state index contributed by atoms with van der Waals surface area (Å²) in [4.78, 5) is 23.7. The van der Waals surface area contributed by atoms with Crippen LogP contribution in [-0.2, 0) is 26.0 Å². The third-order valence-electron chi connectivity index (χ3n) is 5.90. The molecule has 208 valence electrons. The Hall–Kier alpha value is -3.96. The van der Waals surface area contributed by atoms with Crippen LogP contribution in [0.1, 0.15) is 36.4 Å². The van der Waals surface area contributed by atoms with Crippen molar-refractivity contribution in [1.82, 2.24) is 10.0 Å². The van der Waals surface area contributed by atoms with Crippen molar-refractivity contribution in [2.75, 3.05) is 18.9 Å². The summed E-state index contributed by atoms with van der Waals surface area (Å²) in [5.41, 5.74) is 1.84. The van der Waals surface area contributed by atoms with Gasteiger partial charge >= 0.3 is 12.3 Å². The number of benzene rings is 3. The van der Waals surface area contributed by atoms with Gasteiger partial charge in [0.2, 0.25) is 15.9 Å². The maximum absolute atomic E-state index is 13.6. The lowest BCUT2D eigenvalue weighted by Gasteiger charge is -2.21. The Balaban J connectivity index is 1.73. The molecule has 0 aromatic heterocycles. The number of hydrogen-bond acceptors (Lipinski definition) is 6. The largest absolute Gasteiger partial charge is 0.476 e. The average molecular weight is 558 g/mol. The number of hydrogen-bond donors (Lipinski definition) is 4. The number of aliphatic carboxylic acids is 1. The van der Waals surface area contributed by atoms with Gasteiger partial charge in [0.1, 0.15) is 5.75 Å². The van der Waals surface area contributed by atoms with Crippen LogP contribution >= 0.6 is 0 Å². The number of ether oxygens (including phenoxy) is 1. The van der Waals surface area contributed by atoms with Crippen LogP contribution in [0.25, 0.3) is 0 Å². The Kier molecular flexibility index (Phi) is 10.8. The maximum Gasteiger partial charge on any atom is 0.378 e. The van der Waals surface area contributed by atoms with Crippen molar-refractivity contribution in [1.29, 1.82) is 0 Å². The molecule has 2 atom stereocenters. The Morgan fingerprint density at radius 2 is 1.64 bits per heavy atom. The molecule has 3 rings (SSSR count). The number of nitrogens with one attached hydrogen (secondary N) is 3. The minimum absolute atomic E-state index is 0.0341. The molecule has 9 nitrogen and oxygen atoms in total. The van der Waals surface area contributed by atoms with Crippen LogP contribution in [0, 0.1) is 0 Å². The van der Waals surface area contributed by atoms with Gasteiger partial charge in [0.25, 0.3) is 0 Å². The molecule has 3 aromatic rings. The van der Waals surface area contributed by atoms with Crippen molar-refractivity contribution in [3.63, 3.8) is 0 Å². The lowest BCUT2D eigenvalue weighted by molar-refractivity contribution is -0.153. The highest BCUT2D eigenvalue weighted by molar-refractivity contribution is 7.89. The first-order valence-corrected chi connectivity index (χ1v) is 13.9. The second kappa shape index (κ2) is 14.3. The van der Waals surface area contributed by atoms with Gasteiger partial charge in [-0.3, -0.25) is 4.79 Å². The minimum Gasteiger partial charge on any atom is -0.476 e. The summed E-state index contributed by atoms with van der Waals surface area (Å²) in [5.74, 6) is -2.21. The van der Waals surface area contributed by atoms with E-state index >= 15 is 0 Å². The Morgan fingerprint density at radius 3 is 2.28 bits per heavy atom. The van der Waals surface area contributed by atoms with Gasteiger partial charge in [-0.05, 0) is 54.7 Å². The summed E-state index contributed by atoms with van der Waals surface area (Å²) in [7, 11) is -2.47. The number of alkyl halides is 1. The van der Waals surface area contributed by atoms with Crippen molar-refractivity contribution in [2.45, 2.75) is 43.0 Å². The normalized spacial score (nSPS) is 12.8. The van der Waals surface area contributed by atoms with E-state index in [0.29, 0.717) is 12.1 Å². The zero-order valence-electron chi connectivity index (χ0n) is 21.5. The molecule has 0 radical (unpaired) electrons. The van der Waals surface area contributed by atoms with Gasteiger partial charge in [-0.1, -0.05) is 54.6 Å². The second-order valence-corrected chi connectivity index (χ2v) is 10.5. The van der Waals surface area contributed by atoms with E-state index in [0.717, 1.165) is 19.3 Å². The van der Waals surface area contributed by atoms with E-state index in [9.17, 15) is 22.4 Å². The molecule has 0 saturated carbocycles. The molecule has 0 fully saturated rings. The van der Waals surface area contributed by atoms with E-state index in [-0.39, 0.29) is 28.7 Å². The number of carboxylic acids is 1. The van der Waals surface area contributed by atoms with Gasteiger partial charge in [-0.15, -0.1) is 0 Å². The summed E-state index contributed by atoms with van der Waals surface area (Å²) in [6, 6.07) is 21.1. The van der Waals surface area contributed by atoms with Crippen molar-refractivity contribution in [2.24, 2.45) is 0 Å². The summed E-state index contributed by atoms with van der Waals surface area (Å²) < 4.78 is 47.2. The molecule has 39 heavy (non-hydrogen) atoms. The minimum atomic E-state index is -3.99. The van der Waals surface area contributed by atoms with Gasteiger partial charge in [0.05, 0.1) is 16.6 Å². The van der Waals surface area contributed by atoms with Gasteiger partial charge in [-0.2, -0.15) is 4.39 Å². The predicted molar refractivity (Wildman–Crippen MR) is 146 cm³/mol. The molecule has 0 saturated heterocycles. The lowest BCUT2D eigenvalue weighted by atomic mass is 10.0. The fraction of sp³-hybridized carbons (Fsp3) is 0.286. The summed E-state index contributed by atoms with van der Waals surface area (Å²) in [6.45, 7) is 0.436. The first-order valence-electron chi connectivity index (χ1n) is 12.4. The van der Waals surface area contributed by atoms with Crippen LogP contribution < -0.4 is 20.1 Å². The monoisotopic (exact) mass is 557 g/mol. The van der Waals surface area contributed by atoms with E-state index in [2.05, 4.69) is 15.4 Å². The molecule has 0 aliphatic heterocycles. The highest BCUT2D eigenvalue weighted by atomic mass is 32.2. The number of halogens is 1. The lowest BCUT2D eigenvalue weighted by Crippen LogP contribution is -2.34. The number of aryl methyl sites for hydroxylation is 1. The van der Waals surface area contributed by atoms with Gasteiger partial charge in [0.15, 0.2) is 0 Å². The standard InChI is InChI=1S/C28H32FN3O6S/c1-30-24-18-21(15-16-25(24)38-27(29)28(34)35)23(32-39(36,37)22-13-6-3-7-14-22)19-26(33)31-17-9-8-12-20-10-4-2-5-11-20/h2-7,10-11,13-16,18,23,27,30,32H,8-9,12,17,19H2,1H3,(H,31,33)(H,34,35). The number of unbranched alkanes of at least 4 members (excludes halogenated alkanes) is 1. The van der Waals surface area contributed by atoms with E-state index in [4.69, 9.17) is 9.84 Å². The fourth-order valence-corrected chi connectivity index (χ4v) is 5.14. The van der Waals surface area contributed by atoms with E-state index in [1.165, 1.54) is 42.9 Å². The number of carbonyl (C=O) groups excluding carboxylic acids is 1. The van der Waals surface area contributed by atoms with E-state index < -0.39 is 28.4 Å². The summed E-state index contributed by atoms with van der Waals surface area (Å²) >= 11 is 0. The molecule has 2 unspecified atom stereocenters. The van der Waals surface area contributed by atoms with Crippen LogP contribution in [0.3, 0.4) is 0 Å². The van der Waals surface area contributed by atoms with Crippen molar-refractivity contribution in [3.05, 3.63) is 90.0 Å². The molecule has 11 heteroatoms. The first kappa shape index (κ1) is 29.6. The molecule has 0 aliphatic carbocycles. The number of rotatable bonds is 15. The average Bonchev–Trinajstić information content (AvgIpc) is 2.93. The zero-order valence-corrected chi connectivity index (χ0v) is 22.3. The molecule has 3 aromatic carbocycles. The van der Waals surface area contributed by atoms with Gasteiger partial charge in [0, 0.05) is 20.0 Å². The smallest absolute Gasteiger partial charge is 0.378 e. The number of anilines is 1. The van der Waals surface area contributed by atoms with Crippen LogP contribution in [0.5, 0.6) is 5.75 Å². The first-order chi connectivity index (χ1) is 18.7. The Morgan fingerprint density at radius 1 is 0.974 bits per heavy atom. The highest BCUT2D eigenvalue weighted by Crippen LogP contribution is 2.31. The Labute approximate surface area is 227 Å². The van der Waals surface area contributed by atoms with Crippen molar-refractivity contribution < 1.29 is 32.2 Å². The van der Waals surface area contributed by atoms with Crippen LogP contribution in [0.2, 0.25) is 0 Å². The molecular weight excluding hydrogens is 525 g/mol. The molecule has 0 aliphatic rings. The van der Waals surface area contributed by atoms with E-state index in [1.54, 1.807) is 18.2 Å². The highest BCUT2D eigenvalue weighted by Gasteiger charge is 2.25. The molecule has 4 N–H and O–H groups in total. The number of amides is 1. The van der Waals surface area contributed by atoms with Gasteiger partial charge < -0.3 is 20.5 Å². The predicted octanol–water partition coefficient (Wildman–Crippen LogP) is 4.04. The molecule has 0 spiro atoms. The van der Waals surface area contributed by atoms with Crippen LogP contribution in [-0.4, -0.2) is 45.4 Å². The van der Waals surface area contributed by atoms with Crippen LogP contribution in [0.4, 0.5) is 10.1 Å². The second-order valence-electron chi connectivity index (χ2n) is 8.76. The zero-order chi connectivity index (χ0) is 28.3. The number of carbonyl (C=O) groups is 2. The molecule has 0 heterocycles. The van der Waals surface area contributed by atoms with E-state index in [1.807, 2.05) is 30.3 Å². The molecular formula is C28H32FN3O6S. The summed E-state index contributed by atoms with van der Waals surface area (Å²) in [6.07, 6.45) is -0.255.